The van der Waals surface area contributed by atoms with Crippen LogP contribution < -0.4 is 10.2 Å². The molecule has 0 amide bonds. The van der Waals surface area contributed by atoms with Crippen LogP contribution in [-0.2, 0) is 0 Å². The molecular formula is C17H28N2. The Labute approximate surface area is 118 Å². The molecule has 1 aromatic rings. The van der Waals surface area contributed by atoms with Crippen LogP contribution in [0, 0.1) is 0 Å². The van der Waals surface area contributed by atoms with E-state index in [1.807, 2.05) is 0 Å². The van der Waals surface area contributed by atoms with Gasteiger partial charge in [-0.15, -0.1) is 0 Å². The third-order valence-electron chi connectivity index (χ3n) is 4.49. The Morgan fingerprint density at radius 1 is 1.32 bits per heavy atom. The standard InChI is InChI=1S/C17H28N2/c1-4-14(2)15-7-9-17(10-8-15)19(3)13-11-16-6-5-12-18-16/h7-10,14,16,18H,4-6,11-13H2,1-3H3. The molecule has 0 radical (unpaired) electrons. The molecule has 1 heterocycles. The zero-order valence-corrected chi connectivity index (χ0v) is 12.7. The smallest absolute Gasteiger partial charge is 0.0363 e. The minimum absolute atomic E-state index is 0.669. The fourth-order valence-electron chi connectivity index (χ4n) is 2.77. The normalized spacial score (nSPS) is 20.5. The van der Waals surface area contributed by atoms with Gasteiger partial charge in [-0.25, -0.2) is 0 Å². The molecule has 1 aliphatic heterocycles. The second-order valence-electron chi connectivity index (χ2n) is 5.90. The first-order valence-electron chi connectivity index (χ1n) is 7.75. The van der Waals surface area contributed by atoms with Gasteiger partial charge in [-0.1, -0.05) is 26.0 Å². The number of benzene rings is 1. The average molecular weight is 260 g/mol. The Bertz CT molecular complexity index is 365. The summed E-state index contributed by atoms with van der Waals surface area (Å²) >= 11 is 0. The van der Waals surface area contributed by atoms with Gasteiger partial charge in [0.25, 0.3) is 0 Å². The fourth-order valence-corrected chi connectivity index (χ4v) is 2.77. The van der Waals surface area contributed by atoms with Crippen LogP contribution in [0.3, 0.4) is 0 Å². The van der Waals surface area contributed by atoms with Crippen LogP contribution in [-0.4, -0.2) is 26.2 Å². The number of hydrogen-bond donors (Lipinski definition) is 1. The Balaban J connectivity index is 1.86. The molecule has 106 valence electrons. The summed E-state index contributed by atoms with van der Waals surface area (Å²) < 4.78 is 0. The Morgan fingerprint density at radius 3 is 2.63 bits per heavy atom. The molecule has 1 aliphatic rings. The van der Waals surface area contributed by atoms with Crippen LogP contribution in [0.1, 0.15) is 51.0 Å². The van der Waals surface area contributed by atoms with Gasteiger partial charge >= 0.3 is 0 Å². The lowest BCUT2D eigenvalue weighted by molar-refractivity contribution is 0.559. The third kappa shape index (κ3) is 3.97. The second-order valence-corrected chi connectivity index (χ2v) is 5.90. The van der Waals surface area contributed by atoms with Crippen molar-refractivity contribution < 1.29 is 0 Å². The quantitative estimate of drug-likeness (QED) is 0.837. The fraction of sp³-hybridized carbons (Fsp3) is 0.647. The molecule has 0 aliphatic carbocycles. The molecule has 0 spiro atoms. The highest BCUT2D eigenvalue weighted by atomic mass is 15.1. The topological polar surface area (TPSA) is 15.3 Å². The maximum Gasteiger partial charge on any atom is 0.0363 e. The number of nitrogens with one attached hydrogen (secondary N) is 1. The van der Waals surface area contributed by atoms with E-state index in [-0.39, 0.29) is 0 Å². The molecule has 2 unspecified atom stereocenters. The summed E-state index contributed by atoms with van der Waals surface area (Å²) in [6.07, 6.45) is 5.16. The largest absolute Gasteiger partial charge is 0.375 e. The summed E-state index contributed by atoms with van der Waals surface area (Å²) in [7, 11) is 2.20. The van der Waals surface area contributed by atoms with Crippen LogP contribution in [0.5, 0.6) is 0 Å². The van der Waals surface area contributed by atoms with Gasteiger partial charge in [-0.05, 0) is 55.8 Å². The van der Waals surface area contributed by atoms with Crippen molar-refractivity contribution in [1.29, 1.82) is 0 Å². The number of rotatable bonds is 6. The Hall–Kier alpha value is -1.02. The van der Waals surface area contributed by atoms with Crippen LogP contribution in [0.15, 0.2) is 24.3 Å². The average Bonchev–Trinajstić information content (AvgIpc) is 2.97. The summed E-state index contributed by atoms with van der Waals surface area (Å²) in [5.74, 6) is 0.669. The molecule has 2 heteroatoms. The zero-order valence-electron chi connectivity index (χ0n) is 12.7. The predicted octanol–water partition coefficient (Wildman–Crippen LogP) is 3.78. The van der Waals surface area contributed by atoms with Crippen molar-refractivity contribution in [3.8, 4) is 0 Å². The van der Waals surface area contributed by atoms with Crippen LogP contribution in [0.4, 0.5) is 5.69 Å². The number of anilines is 1. The highest BCUT2D eigenvalue weighted by Crippen LogP contribution is 2.22. The lowest BCUT2D eigenvalue weighted by Crippen LogP contribution is -2.28. The lowest BCUT2D eigenvalue weighted by atomic mass is 9.98. The monoisotopic (exact) mass is 260 g/mol. The van der Waals surface area contributed by atoms with Gasteiger partial charge in [-0.2, -0.15) is 0 Å². The van der Waals surface area contributed by atoms with E-state index in [0.29, 0.717) is 5.92 Å². The van der Waals surface area contributed by atoms with Crippen LogP contribution in [0.2, 0.25) is 0 Å². The van der Waals surface area contributed by atoms with E-state index < -0.39 is 0 Å². The van der Waals surface area contributed by atoms with Crippen molar-refractivity contribution in [2.24, 2.45) is 0 Å². The Kier molecular flexibility index (Phi) is 5.26. The van der Waals surface area contributed by atoms with Crippen LogP contribution >= 0.6 is 0 Å². The summed E-state index contributed by atoms with van der Waals surface area (Å²) in [6, 6.07) is 9.84. The van der Waals surface area contributed by atoms with Gasteiger partial charge in [0.15, 0.2) is 0 Å². The molecule has 1 fully saturated rings. The van der Waals surface area contributed by atoms with Gasteiger partial charge < -0.3 is 10.2 Å². The molecule has 2 atom stereocenters. The van der Waals surface area contributed by atoms with Gasteiger partial charge in [0.05, 0.1) is 0 Å². The first-order chi connectivity index (χ1) is 9.20. The number of nitrogens with zero attached hydrogens (tertiary/aromatic N) is 1. The highest BCUT2D eigenvalue weighted by Gasteiger charge is 2.14. The predicted molar refractivity (Wildman–Crippen MR) is 84.1 cm³/mol. The first kappa shape index (κ1) is 14.4. The zero-order chi connectivity index (χ0) is 13.7. The molecule has 0 saturated carbocycles. The molecule has 1 N–H and O–H groups in total. The first-order valence-corrected chi connectivity index (χ1v) is 7.75. The van der Waals surface area contributed by atoms with Crippen molar-refractivity contribution in [2.75, 3.05) is 25.0 Å². The summed E-state index contributed by atoms with van der Waals surface area (Å²) in [4.78, 5) is 2.38. The SMILES string of the molecule is CCC(C)c1ccc(N(C)CCC2CCCN2)cc1. The molecule has 2 nitrogen and oxygen atoms in total. The van der Waals surface area contributed by atoms with E-state index in [2.05, 4.69) is 55.4 Å². The van der Waals surface area contributed by atoms with Crippen molar-refractivity contribution in [2.45, 2.75) is 51.5 Å². The Morgan fingerprint density at radius 2 is 2.05 bits per heavy atom. The van der Waals surface area contributed by atoms with Gasteiger partial charge in [-0.3, -0.25) is 0 Å². The van der Waals surface area contributed by atoms with E-state index in [1.54, 1.807) is 0 Å². The molecular weight excluding hydrogens is 232 g/mol. The van der Waals surface area contributed by atoms with Crippen molar-refractivity contribution in [3.05, 3.63) is 29.8 Å². The number of hydrogen-bond acceptors (Lipinski definition) is 2. The van der Waals surface area contributed by atoms with Crippen LogP contribution in [0.25, 0.3) is 0 Å². The summed E-state index contributed by atoms with van der Waals surface area (Å²) in [5, 5.41) is 3.57. The third-order valence-corrected chi connectivity index (χ3v) is 4.49. The minimum Gasteiger partial charge on any atom is -0.375 e. The maximum atomic E-state index is 3.57. The van der Waals surface area contributed by atoms with Crippen molar-refractivity contribution in [1.82, 2.24) is 5.32 Å². The molecule has 1 aromatic carbocycles. The van der Waals surface area contributed by atoms with Gasteiger partial charge in [0, 0.05) is 25.3 Å². The maximum absolute atomic E-state index is 3.57. The van der Waals surface area contributed by atoms with Gasteiger partial charge in [0.2, 0.25) is 0 Å². The van der Waals surface area contributed by atoms with E-state index in [1.165, 1.54) is 43.5 Å². The van der Waals surface area contributed by atoms with E-state index in [0.717, 1.165) is 12.6 Å². The van der Waals surface area contributed by atoms with E-state index >= 15 is 0 Å². The molecule has 2 rings (SSSR count). The van der Waals surface area contributed by atoms with Crippen molar-refractivity contribution in [3.63, 3.8) is 0 Å². The van der Waals surface area contributed by atoms with Gasteiger partial charge in [0.1, 0.15) is 0 Å². The molecule has 0 bridgehead atoms. The molecule has 19 heavy (non-hydrogen) atoms. The van der Waals surface area contributed by atoms with E-state index in [9.17, 15) is 0 Å². The summed E-state index contributed by atoms with van der Waals surface area (Å²) in [5.41, 5.74) is 2.79. The van der Waals surface area contributed by atoms with E-state index in [4.69, 9.17) is 0 Å². The summed E-state index contributed by atoms with van der Waals surface area (Å²) in [6.45, 7) is 6.89. The molecule has 0 aromatic heterocycles. The van der Waals surface area contributed by atoms with Crippen molar-refractivity contribution >= 4 is 5.69 Å². The lowest BCUT2D eigenvalue weighted by Gasteiger charge is -2.22. The second kappa shape index (κ2) is 6.95. The molecule has 1 saturated heterocycles. The minimum atomic E-state index is 0.669. The highest BCUT2D eigenvalue weighted by molar-refractivity contribution is 5.47.